The molecule has 26 heavy (non-hydrogen) atoms. The van der Waals surface area contributed by atoms with Gasteiger partial charge in [-0.15, -0.1) is 0 Å². The molecule has 0 aliphatic heterocycles. The predicted molar refractivity (Wildman–Crippen MR) is 86.6 cm³/mol. The maximum atomic E-state index is 12.9. The summed E-state index contributed by atoms with van der Waals surface area (Å²) < 4.78 is 67.1. The van der Waals surface area contributed by atoms with Crippen LogP contribution in [0.2, 0.25) is 5.02 Å². The van der Waals surface area contributed by atoms with Gasteiger partial charge in [0.25, 0.3) is 0 Å². The van der Waals surface area contributed by atoms with Crippen molar-refractivity contribution in [3.63, 3.8) is 0 Å². The third-order valence-corrected chi connectivity index (χ3v) is 3.40. The van der Waals surface area contributed by atoms with Crippen LogP contribution < -0.4 is 15.4 Å². The minimum atomic E-state index is -4.61. The van der Waals surface area contributed by atoms with Crippen LogP contribution >= 0.6 is 11.6 Å². The second-order valence-electron chi connectivity index (χ2n) is 4.97. The second-order valence-corrected chi connectivity index (χ2v) is 5.38. The zero-order valence-electron chi connectivity index (χ0n) is 12.9. The third kappa shape index (κ3) is 5.48. The quantitative estimate of drug-likeness (QED) is 0.677. The van der Waals surface area contributed by atoms with Crippen molar-refractivity contribution >= 4 is 28.9 Å². The largest absolute Gasteiger partial charge is 0.433 e. The number of anilines is 2. The molecule has 0 unspecified atom stereocenters. The molecule has 0 saturated carbocycles. The molecule has 2 aromatic rings. The Bertz CT molecular complexity index is 783. The van der Waals surface area contributed by atoms with Crippen molar-refractivity contribution in [2.45, 2.75) is 12.8 Å². The number of hydrogen-bond donors (Lipinski definition) is 2. The molecular weight excluding hydrogens is 383 g/mol. The van der Waals surface area contributed by atoms with E-state index in [1.54, 1.807) is 0 Å². The average molecular weight is 395 g/mol. The lowest BCUT2D eigenvalue weighted by Gasteiger charge is -2.14. The number of amides is 1. The summed E-state index contributed by atoms with van der Waals surface area (Å²) in [7, 11) is 0. The lowest BCUT2D eigenvalue weighted by Crippen LogP contribution is -2.23. The molecule has 0 spiro atoms. The number of ether oxygens (including phenoxy) is 1. The van der Waals surface area contributed by atoms with Crippen LogP contribution in [0.1, 0.15) is 5.56 Å². The number of para-hydroxylation sites is 1. The van der Waals surface area contributed by atoms with Gasteiger partial charge in [0, 0.05) is 5.69 Å². The van der Waals surface area contributed by atoms with E-state index in [1.807, 2.05) is 0 Å². The molecule has 0 fully saturated rings. The number of carbonyl (C=O) groups is 1. The first-order chi connectivity index (χ1) is 12.2. The molecular formula is C16H12ClF5N2O2. The summed E-state index contributed by atoms with van der Waals surface area (Å²) in [4.78, 5) is 11.9. The highest BCUT2D eigenvalue weighted by atomic mass is 35.5. The van der Waals surface area contributed by atoms with Gasteiger partial charge in [-0.2, -0.15) is 22.0 Å². The molecule has 1 amide bonds. The van der Waals surface area contributed by atoms with Crippen molar-refractivity contribution in [2.24, 2.45) is 0 Å². The predicted octanol–water partition coefficient (Wildman–Crippen LogP) is 5.01. The third-order valence-electron chi connectivity index (χ3n) is 3.11. The van der Waals surface area contributed by atoms with Crippen molar-refractivity contribution in [3.8, 4) is 5.75 Å². The summed E-state index contributed by atoms with van der Waals surface area (Å²) in [6.07, 6.45) is -4.61. The highest BCUT2D eigenvalue weighted by Gasteiger charge is 2.33. The first-order valence-electron chi connectivity index (χ1n) is 7.11. The van der Waals surface area contributed by atoms with Gasteiger partial charge < -0.3 is 15.4 Å². The molecule has 2 N–H and O–H groups in total. The number of hydrogen-bond acceptors (Lipinski definition) is 3. The Morgan fingerprint density at radius 2 is 1.85 bits per heavy atom. The molecule has 0 saturated heterocycles. The Morgan fingerprint density at radius 1 is 1.15 bits per heavy atom. The smallest absolute Gasteiger partial charge is 0.418 e. The number of carbonyl (C=O) groups excluding carboxylic acids is 1. The Labute approximate surface area is 149 Å². The van der Waals surface area contributed by atoms with Crippen LogP contribution in [0.15, 0.2) is 42.5 Å². The number of alkyl halides is 5. The summed E-state index contributed by atoms with van der Waals surface area (Å²) >= 11 is 5.77. The van der Waals surface area contributed by atoms with Gasteiger partial charge in [-0.25, -0.2) is 0 Å². The Morgan fingerprint density at radius 3 is 2.46 bits per heavy atom. The minimum absolute atomic E-state index is 0.113. The van der Waals surface area contributed by atoms with E-state index in [0.717, 1.165) is 12.1 Å². The van der Waals surface area contributed by atoms with Gasteiger partial charge >= 0.3 is 12.8 Å². The van der Waals surface area contributed by atoms with E-state index < -0.39 is 24.3 Å². The van der Waals surface area contributed by atoms with E-state index >= 15 is 0 Å². The highest BCUT2D eigenvalue weighted by Crippen LogP contribution is 2.34. The van der Waals surface area contributed by atoms with Crippen LogP contribution in [0.3, 0.4) is 0 Å². The van der Waals surface area contributed by atoms with Gasteiger partial charge in [-0.1, -0.05) is 23.7 Å². The molecule has 0 heterocycles. The number of halogens is 6. The SMILES string of the molecule is O=C(CNc1ccc(OC(F)F)c(Cl)c1)Nc1ccccc1C(F)(F)F. The van der Waals surface area contributed by atoms with Crippen LogP contribution in [0, 0.1) is 0 Å². The van der Waals surface area contributed by atoms with E-state index in [0.29, 0.717) is 5.69 Å². The van der Waals surface area contributed by atoms with Crippen LogP contribution in [0.4, 0.5) is 33.3 Å². The standard InChI is InChI=1S/C16H12ClF5N2O2/c17-11-7-9(5-6-13(11)26-15(18)19)23-8-14(25)24-12-4-2-1-3-10(12)16(20,21)22/h1-7,15,23H,8H2,(H,24,25). The molecule has 10 heteroatoms. The molecule has 4 nitrogen and oxygen atoms in total. The van der Waals surface area contributed by atoms with Crippen LogP contribution in [-0.4, -0.2) is 19.1 Å². The van der Waals surface area contributed by atoms with Gasteiger partial charge in [-0.3, -0.25) is 4.79 Å². The second kappa shape index (κ2) is 8.22. The summed E-state index contributed by atoms with van der Waals surface area (Å²) in [6.45, 7) is -3.40. The Hall–Kier alpha value is -2.55. The van der Waals surface area contributed by atoms with E-state index in [2.05, 4.69) is 15.4 Å². The van der Waals surface area contributed by atoms with Crippen LogP contribution in [-0.2, 0) is 11.0 Å². The fourth-order valence-electron chi connectivity index (χ4n) is 2.02. The molecule has 140 valence electrons. The summed E-state index contributed by atoms with van der Waals surface area (Å²) in [5.41, 5.74) is -1.04. The average Bonchev–Trinajstić information content (AvgIpc) is 2.54. The van der Waals surface area contributed by atoms with Crippen molar-refractivity contribution in [1.82, 2.24) is 0 Å². The zero-order valence-corrected chi connectivity index (χ0v) is 13.7. The Kier molecular flexibility index (Phi) is 6.25. The van der Waals surface area contributed by atoms with E-state index in [4.69, 9.17) is 11.6 Å². The number of nitrogens with one attached hydrogen (secondary N) is 2. The maximum Gasteiger partial charge on any atom is 0.418 e. The number of benzene rings is 2. The molecule has 0 aliphatic rings. The first kappa shape index (κ1) is 19.8. The molecule has 0 aromatic heterocycles. The summed E-state index contributed by atoms with van der Waals surface area (Å²) in [5, 5.41) is 4.67. The fourth-order valence-corrected chi connectivity index (χ4v) is 2.24. The van der Waals surface area contributed by atoms with Crippen molar-refractivity contribution in [2.75, 3.05) is 17.2 Å². The monoisotopic (exact) mass is 394 g/mol. The molecule has 0 aliphatic carbocycles. The van der Waals surface area contributed by atoms with E-state index in [-0.39, 0.29) is 23.0 Å². The van der Waals surface area contributed by atoms with Crippen molar-refractivity contribution in [1.29, 1.82) is 0 Å². The van der Waals surface area contributed by atoms with Crippen LogP contribution in [0.5, 0.6) is 5.75 Å². The van der Waals surface area contributed by atoms with Crippen LogP contribution in [0.25, 0.3) is 0 Å². The van der Waals surface area contributed by atoms with E-state index in [9.17, 15) is 26.7 Å². The van der Waals surface area contributed by atoms with Gasteiger partial charge in [0.05, 0.1) is 22.8 Å². The summed E-state index contributed by atoms with van der Waals surface area (Å²) in [6, 6.07) is 8.31. The maximum absolute atomic E-state index is 12.9. The topological polar surface area (TPSA) is 50.4 Å². The number of rotatable bonds is 6. The Balaban J connectivity index is 1.99. The minimum Gasteiger partial charge on any atom is -0.433 e. The zero-order chi connectivity index (χ0) is 19.3. The fraction of sp³-hybridized carbons (Fsp3) is 0.188. The van der Waals surface area contributed by atoms with Gasteiger partial charge in [-0.05, 0) is 30.3 Å². The lowest BCUT2D eigenvalue weighted by molar-refractivity contribution is -0.137. The van der Waals surface area contributed by atoms with Crippen molar-refractivity contribution < 1.29 is 31.5 Å². The van der Waals surface area contributed by atoms with E-state index in [1.165, 1.54) is 30.3 Å². The lowest BCUT2D eigenvalue weighted by atomic mass is 10.1. The molecule has 2 aromatic carbocycles. The first-order valence-corrected chi connectivity index (χ1v) is 7.49. The molecule has 0 bridgehead atoms. The molecule has 0 atom stereocenters. The molecule has 2 rings (SSSR count). The van der Waals surface area contributed by atoms with Gasteiger partial charge in [0.2, 0.25) is 5.91 Å². The summed E-state index contributed by atoms with van der Waals surface area (Å²) in [5.74, 6) is -0.971. The van der Waals surface area contributed by atoms with Crippen molar-refractivity contribution in [3.05, 3.63) is 53.1 Å². The van der Waals surface area contributed by atoms with Gasteiger partial charge in [0.1, 0.15) is 5.75 Å². The normalized spacial score (nSPS) is 11.3. The van der Waals surface area contributed by atoms with Gasteiger partial charge in [0.15, 0.2) is 0 Å². The molecule has 0 radical (unpaired) electrons. The highest BCUT2D eigenvalue weighted by molar-refractivity contribution is 6.32.